The molecular formula is C15H21NO3. The highest BCUT2D eigenvalue weighted by Crippen LogP contribution is 2.10. The number of unbranched alkanes of at least 4 members (excludes halogenated alkanes) is 1. The lowest BCUT2D eigenvalue weighted by Gasteiger charge is -2.32. The zero-order chi connectivity index (χ0) is 13.5. The molecule has 4 nitrogen and oxygen atoms in total. The molecule has 0 bridgehead atoms. The molecule has 1 unspecified atom stereocenters. The zero-order valence-corrected chi connectivity index (χ0v) is 11.1. The first-order chi connectivity index (χ1) is 9.27. The monoisotopic (exact) mass is 263 g/mol. The summed E-state index contributed by atoms with van der Waals surface area (Å²) in [5.74, 6) is -0.775. The van der Waals surface area contributed by atoms with Gasteiger partial charge in [-0.3, -0.25) is 9.69 Å². The number of nitrogens with zero attached hydrogens (tertiary/aromatic N) is 1. The molecule has 0 aliphatic carbocycles. The molecule has 1 aliphatic rings. The Morgan fingerprint density at radius 2 is 2.11 bits per heavy atom. The van der Waals surface area contributed by atoms with E-state index in [-0.39, 0.29) is 0 Å². The fourth-order valence-corrected chi connectivity index (χ4v) is 2.42. The fourth-order valence-electron chi connectivity index (χ4n) is 2.42. The lowest BCUT2D eigenvalue weighted by molar-refractivity contribution is -0.149. The van der Waals surface area contributed by atoms with Gasteiger partial charge in [0.1, 0.15) is 6.04 Å². The molecule has 0 spiro atoms. The Morgan fingerprint density at radius 3 is 2.84 bits per heavy atom. The Hall–Kier alpha value is -1.39. The van der Waals surface area contributed by atoms with Gasteiger partial charge in [-0.1, -0.05) is 30.3 Å². The zero-order valence-electron chi connectivity index (χ0n) is 11.1. The molecule has 1 aromatic carbocycles. The van der Waals surface area contributed by atoms with Gasteiger partial charge in [0.2, 0.25) is 0 Å². The summed E-state index contributed by atoms with van der Waals surface area (Å²) < 4.78 is 5.23. The molecular weight excluding hydrogens is 242 g/mol. The third-order valence-corrected chi connectivity index (χ3v) is 3.53. The van der Waals surface area contributed by atoms with E-state index in [0.717, 1.165) is 32.4 Å². The molecule has 1 fully saturated rings. The quantitative estimate of drug-likeness (QED) is 0.795. The van der Waals surface area contributed by atoms with Crippen molar-refractivity contribution in [1.82, 2.24) is 4.90 Å². The summed E-state index contributed by atoms with van der Waals surface area (Å²) in [6.07, 6.45) is 3.18. The van der Waals surface area contributed by atoms with Crippen LogP contribution in [0.4, 0.5) is 0 Å². The molecule has 1 N–H and O–H groups in total. The summed E-state index contributed by atoms with van der Waals surface area (Å²) in [5, 5.41) is 9.12. The van der Waals surface area contributed by atoms with Crippen LogP contribution in [0.15, 0.2) is 30.3 Å². The molecule has 1 atom stereocenters. The van der Waals surface area contributed by atoms with Crippen molar-refractivity contribution in [3.05, 3.63) is 35.9 Å². The minimum atomic E-state index is -0.775. The number of morpholine rings is 1. The average molecular weight is 263 g/mol. The molecule has 0 amide bonds. The molecule has 0 aromatic heterocycles. The Kier molecular flexibility index (Phi) is 5.36. The summed E-state index contributed by atoms with van der Waals surface area (Å²) in [6.45, 7) is 2.52. The first-order valence-corrected chi connectivity index (χ1v) is 6.86. The van der Waals surface area contributed by atoms with E-state index in [0.29, 0.717) is 13.2 Å². The third kappa shape index (κ3) is 4.33. The van der Waals surface area contributed by atoms with Crippen LogP contribution in [-0.4, -0.2) is 48.3 Å². The minimum Gasteiger partial charge on any atom is -0.480 e. The van der Waals surface area contributed by atoms with Crippen LogP contribution in [0.2, 0.25) is 0 Å². The molecule has 4 heteroatoms. The van der Waals surface area contributed by atoms with E-state index >= 15 is 0 Å². The first kappa shape index (κ1) is 14.0. The second kappa shape index (κ2) is 7.26. The van der Waals surface area contributed by atoms with Gasteiger partial charge in [0.25, 0.3) is 0 Å². The molecule has 104 valence electrons. The van der Waals surface area contributed by atoms with Crippen LogP contribution in [0.25, 0.3) is 0 Å². The lowest BCUT2D eigenvalue weighted by Crippen LogP contribution is -2.50. The Bertz CT molecular complexity index is 394. The van der Waals surface area contributed by atoms with E-state index in [1.807, 2.05) is 11.0 Å². The van der Waals surface area contributed by atoms with Crippen molar-refractivity contribution in [3.8, 4) is 0 Å². The topological polar surface area (TPSA) is 49.8 Å². The van der Waals surface area contributed by atoms with Crippen molar-refractivity contribution in [3.63, 3.8) is 0 Å². The molecule has 19 heavy (non-hydrogen) atoms. The van der Waals surface area contributed by atoms with E-state index in [1.54, 1.807) is 0 Å². The van der Waals surface area contributed by atoms with Gasteiger partial charge in [-0.05, 0) is 31.4 Å². The number of aliphatic carboxylic acids is 1. The molecule has 1 aromatic rings. The number of rotatable bonds is 6. The van der Waals surface area contributed by atoms with Crippen LogP contribution in [-0.2, 0) is 16.0 Å². The van der Waals surface area contributed by atoms with Crippen molar-refractivity contribution >= 4 is 5.97 Å². The maximum Gasteiger partial charge on any atom is 0.323 e. The second-order valence-corrected chi connectivity index (χ2v) is 4.91. The number of benzene rings is 1. The van der Waals surface area contributed by atoms with Gasteiger partial charge < -0.3 is 9.84 Å². The summed E-state index contributed by atoms with van der Waals surface area (Å²) in [6, 6.07) is 9.93. The fraction of sp³-hybridized carbons (Fsp3) is 0.533. The number of hydrogen-bond acceptors (Lipinski definition) is 3. The summed E-state index contributed by atoms with van der Waals surface area (Å²) >= 11 is 0. The maximum atomic E-state index is 11.1. The van der Waals surface area contributed by atoms with E-state index < -0.39 is 12.0 Å². The standard InChI is InChI=1S/C15H21NO3/c17-15(18)14-12-19-11-10-16(14)9-5-4-8-13-6-2-1-3-7-13/h1-3,6-7,14H,4-5,8-12H2,(H,17,18). The second-order valence-electron chi connectivity index (χ2n) is 4.91. The van der Waals surface area contributed by atoms with Crippen LogP contribution in [0, 0.1) is 0 Å². The van der Waals surface area contributed by atoms with Gasteiger partial charge in [-0.2, -0.15) is 0 Å². The van der Waals surface area contributed by atoms with Crippen molar-refractivity contribution < 1.29 is 14.6 Å². The van der Waals surface area contributed by atoms with Crippen molar-refractivity contribution in [2.45, 2.75) is 25.3 Å². The number of carbonyl (C=O) groups is 1. The summed E-state index contributed by atoms with van der Waals surface area (Å²) in [5.41, 5.74) is 1.35. The van der Waals surface area contributed by atoms with Crippen molar-refractivity contribution in [2.24, 2.45) is 0 Å². The van der Waals surface area contributed by atoms with Gasteiger partial charge in [0, 0.05) is 6.54 Å². The number of ether oxygens (including phenoxy) is 1. The van der Waals surface area contributed by atoms with Crippen molar-refractivity contribution in [2.75, 3.05) is 26.3 Å². The number of carboxylic acid groups (broad SMARTS) is 1. The molecule has 2 rings (SSSR count). The molecule has 0 radical (unpaired) electrons. The first-order valence-electron chi connectivity index (χ1n) is 6.86. The SMILES string of the molecule is O=C(O)C1COCCN1CCCCc1ccccc1. The van der Waals surface area contributed by atoms with Crippen LogP contribution in [0.1, 0.15) is 18.4 Å². The number of hydrogen-bond donors (Lipinski definition) is 1. The Morgan fingerprint density at radius 1 is 1.32 bits per heavy atom. The van der Waals surface area contributed by atoms with E-state index in [1.165, 1.54) is 5.56 Å². The molecule has 1 saturated heterocycles. The highest BCUT2D eigenvalue weighted by atomic mass is 16.5. The molecule has 0 saturated carbocycles. The maximum absolute atomic E-state index is 11.1. The Labute approximate surface area is 114 Å². The smallest absolute Gasteiger partial charge is 0.323 e. The van der Waals surface area contributed by atoms with Crippen LogP contribution < -0.4 is 0 Å². The Balaban J connectivity index is 1.71. The van der Waals surface area contributed by atoms with E-state index in [2.05, 4.69) is 24.3 Å². The van der Waals surface area contributed by atoms with Gasteiger partial charge in [-0.25, -0.2) is 0 Å². The predicted molar refractivity (Wildman–Crippen MR) is 73.2 cm³/mol. The number of aryl methyl sites for hydroxylation is 1. The van der Waals surface area contributed by atoms with Crippen LogP contribution in [0.5, 0.6) is 0 Å². The number of carboxylic acids is 1. The minimum absolute atomic E-state index is 0.314. The molecule has 1 aliphatic heterocycles. The lowest BCUT2D eigenvalue weighted by atomic mass is 10.1. The van der Waals surface area contributed by atoms with E-state index in [4.69, 9.17) is 9.84 Å². The highest BCUT2D eigenvalue weighted by Gasteiger charge is 2.28. The largest absolute Gasteiger partial charge is 0.480 e. The average Bonchev–Trinajstić information content (AvgIpc) is 2.45. The normalized spacial score (nSPS) is 20.3. The van der Waals surface area contributed by atoms with Crippen LogP contribution in [0.3, 0.4) is 0 Å². The van der Waals surface area contributed by atoms with Gasteiger partial charge >= 0.3 is 5.97 Å². The van der Waals surface area contributed by atoms with E-state index in [9.17, 15) is 4.79 Å². The summed E-state index contributed by atoms with van der Waals surface area (Å²) in [7, 11) is 0. The third-order valence-electron chi connectivity index (χ3n) is 3.53. The van der Waals surface area contributed by atoms with Crippen molar-refractivity contribution in [1.29, 1.82) is 0 Å². The predicted octanol–water partition coefficient (Wildman–Crippen LogP) is 1.79. The van der Waals surface area contributed by atoms with Crippen LogP contribution >= 0.6 is 0 Å². The summed E-state index contributed by atoms with van der Waals surface area (Å²) in [4.78, 5) is 13.1. The van der Waals surface area contributed by atoms with Gasteiger partial charge in [0.15, 0.2) is 0 Å². The molecule has 1 heterocycles. The van der Waals surface area contributed by atoms with Gasteiger partial charge in [-0.15, -0.1) is 0 Å². The van der Waals surface area contributed by atoms with Gasteiger partial charge in [0.05, 0.1) is 13.2 Å². The highest BCUT2D eigenvalue weighted by molar-refractivity contribution is 5.73.